The van der Waals surface area contributed by atoms with Gasteiger partial charge in [0.25, 0.3) is 0 Å². The van der Waals surface area contributed by atoms with E-state index in [0.717, 1.165) is 37.2 Å². The van der Waals surface area contributed by atoms with E-state index in [0.29, 0.717) is 25.3 Å². The Kier molecular flexibility index (Phi) is 8.20. The largest absolute Gasteiger partial charge is 0.491 e. The molecular weight excluding hydrogens is 424 g/mol. The monoisotopic (exact) mass is 460 g/mol. The molecule has 34 heavy (non-hydrogen) atoms. The van der Waals surface area contributed by atoms with Crippen LogP contribution in [0.5, 0.6) is 5.75 Å². The molecule has 5 nitrogen and oxygen atoms in total. The minimum atomic E-state index is -0.548. The molecule has 1 saturated heterocycles. The molecule has 0 aliphatic carbocycles. The lowest BCUT2D eigenvalue weighted by molar-refractivity contribution is -0.128. The number of aliphatic hydroxyl groups excluding tert-OH is 1. The highest BCUT2D eigenvalue weighted by Crippen LogP contribution is 2.30. The van der Waals surface area contributed by atoms with Crippen LogP contribution in [0.2, 0.25) is 0 Å². The van der Waals surface area contributed by atoms with Crippen molar-refractivity contribution in [2.75, 3.05) is 40.3 Å². The second-order valence-electron chi connectivity index (χ2n) is 9.54. The molecule has 1 heterocycles. The fourth-order valence-electron chi connectivity index (χ4n) is 4.76. The van der Waals surface area contributed by atoms with Crippen LogP contribution in [0.15, 0.2) is 66.7 Å². The van der Waals surface area contributed by atoms with Gasteiger partial charge in [0.2, 0.25) is 5.91 Å². The first-order valence-electron chi connectivity index (χ1n) is 12.3. The Morgan fingerprint density at radius 1 is 1.03 bits per heavy atom. The van der Waals surface area contributed by atoms with Gasteiger partial charge in [0, 0.05) is 27.1 Å². The van der Waals surface area contributed by atoms with Crippen LogP contribution in [0.25, 0.3) is 10.8 Å². The molecule has 4 rings (SSSR count). The molecule has 0 spiro atoms. The zero-order chi connectivity index (χ0) is 23.9. The van der Waals surface area contributed by atoms with Gasteiger partial charge in [-0.3, -0.25) is 4.79 Å². The maximum absolute atomic E-state index is 11.9. The van der Waals surface area contributed by atoms with Gasteiger partial charge in [0.15, 0.2) is 0 Å². The van der Waals surface area contributed by atoms with Gasteiger partial charge in [-0.25, -0.2) is 0 Å². The van der Waals surface area contributed by atoms with Gasteiger partial charge >= 0.3 is 0 Å². The molecule has 180 valence electrons. The summed E-state index contributed by atoms with van der Waals surface area (Å²) in [7, 11) is 3.54. The number of aliphatic hydroxyl groups is 1. The Labute approximate surface area is 202 Å². The maximum Gasteiger partial charge on any atom is 0.222 e. The summed E-state index contributed by atoms with van der Waals surface area (Å²) >= 11 is 0. The first kappa shape index (κ1) is 24.2. The lowest BCUT2D eigenvalue weighted by atomic mass is 9.88. The molecule has 1 unspecified atom stereocenters. The Morgan fingerprint density at radius 3 is 2.50 bits per heavy atom. The Hall–Kier alpha value is -2.89. The van der Waals surface area contributed by atoms with Crippen molar-refractivity contribution >= 4 is 16.7 Å². The van der Waals surface area contributed by atoms with E-state index in [-0.39, 0.29) is 12.5 Å². The molecule has 1 N–H and O–H groups in total. The van der Waals surface area contributed by atoms with E-state index < -0.39 is 6.10 Å². The number of fused-ring (bicyclic) bond motifs is 1. The van der Waals surface area contributed by atoms with Crippen LogP contribution in [-0.2, 0) is 11.2 Å². The van der Waals surface area contributed by atoms with Crippen molar-refractivity contribution in [2.45, 2.75) is 37.7 Å². The van der Waals surface area contributed by atoms with E-state index in [4.69, 9.17) is 4.74 Å². The smallest absolute Gasteiger partial charge is 0.222 e. The lowest BCUT2D eigenvalue weighted by Gasteiger charge is -2.33. The Bertz CT molecular complexity index is 1090. The second-order valence-corrected chi connectivity index (χ2v) is 9.54. The van der Waals surface area contributed by atoms with Crippen LogP contribution in [0.4, 0.5) is 0 Å². The average molecular weight is 461 g/mol. The lowest BCUT2D eigenvalue weighted by Crippen LogP contribution is -2.40. The van der Waals surface area contributed by atoms with Gasteiger partial charge in [-0.1, -0.05) is 60.7 Å². The zero-order valence-corrected chi connectivity index (χ0v) is 20.3. The third kappa shape index (κ3) is 6.37. The number of hydrogen-bond acceptors (Lipinski definition) is 4. The highest BCUT2D eigenvalue weighted by atomic mass is 16.5. The minimum absolute atomic E-state index is 0.0990. The molecule has 0 bridgehead atoms. The second kappa shape index (κ2) is 11.5. The zero-order valence-electron chi connectivity index (χ0n) is 20.3. The van der Waals surface area contributed by atoms with Crippen LogP contribution >= 0.6 is 0 Å². The summed E-state index contributed by atoms with van der Waals surface area (Å²) in [4.78, 5) is 15.9. The predicted octanol–water partition coefficient (Wildman–Crippen LogP) is 4.48. The SMILES string of the molecule is CN(C)C(=O)CCc1ccccc1OCC(O)CN1CCC(c2ccc3ccccc3c2)CC1. The van der Waals surface area contributed by atoms with Gasteiger partial charge in [0.05, 0.1) is 0 Å². The molecule has 5 heteroatoms. The van der Waals surface area contributed by atoms with Crippen LogP contribution < -0.4 is 4.74 Å². The van der Waals surface area contributed by atoms with Crippen molar-refractivity contribution in [3.63, 3.8) is 0 Å². The number of hydrogen-bond donors (Lipinski definition) is 1. The number of β-amino-alcohol motifs (C(OH)–C–C–N with tert-alkyl or cyclic N) is 1. The topological polar surface area (TPSA) is 53.0 Å². The molecule has 1 amide bonds. The molecule has 3 aromatic rings. The summed E-state index contributed by atoms with van der Waals surface area (Å²) in [5.41, 5.74) is 2.42. The first-order valence-corrected chi connectivity index (χ1v) is 12.3. The highest BCUT2D eigenvalue weighted by Gasteiger charge is 2.22. The number of likely N-dealkylation sites (tertiary alicyclic amines) is 1. The summed E-state index contributed by atoms with van der Waals surface area (Å²) in [6.07, 6.45) is 2.74. The molecule has 0 radical (unpaired) electrons. The van der Waals surface area contributed by atoms with E-state index in [9.17, 15) is 9.90 Å². The van der Waals surface area contributed by atoms with E-state index in [2.05, 4.69) is 47.4 Å². The number of carbonyl (C=O) groups excluding carboxylic acids is 1. The van der Waals surface area contributed by atoms with Gasteiger partial charge < -0.3 is 19.6 Å². The van der Waals surface area contributed by atoms with E-state index in [1.165, 1.54) is 16.3 Å². The van der Waals surface area contributed by atoms with Crippen molar-refractivity contribution in [3.8, 4) is 5.75 Å². The molecule has 0 saturated carbocycles. The van der Waals surface area contributed by atoms with Crippen LogP contribution in [0, 0.1) is 0 Å². The molecule has 0 aromatic heterocycles. The summed E-state index contributed by atoms with van der Waals surface area (Å²) in [5, 5.41) is 13.2. The van der Waals surface area contributed by atoms with Gasteiger partial charge in [0.1, 0.15) is 18.5 Å². The van der Waals surface area contributed by atoms with Crippen molar-refractivity contribution < 1.29 is 14.6 Å². The molecule has 1 aliphatic rings. The quantitative estimate of drug-likeness (QED) is 0.512. The summed E-state index contributed by atoms with van der Waals surface area (Å²) in [6.45, 7) is 2.84. The number of amides is 1. The Morgan fingerprint density at radius 2 is 1.74 bits per heavy atom. The van der Waals surface area contributed by atoms with Crippen molar-refractivity contribution in [1.29, 1.82) is 0 Å². The van der Waals surface area contributed by atoms with Crippen molar-refractivity contribution in [1.82, 2.24) is 9.80 Å². The number of rotatable bonds is 9. The molecule has 1 fully saturated rings. The normalized spacial score (nSPS) is 15.9. The number of aryl methyl sites for hydroxylation is 1. The van der Waals surface area contributed by atoms with E-state index >= 15 is 0 Å². The third-order valence-electron chi connectivity index (χ3n) is 6.81. The van der Waals surface area contributed by atoms with Crippen LogP contribution in [0.3, 0.4) is 0 Å². The van der Waals surface area contributed by atoms with Crippen molar-refractivity contribution in [2.24, 2.45) is 0 Å². The van der Waals surface area contributed by atoms with Crippen LogP contribution in [0.1, 0.15) is 36.3 Å². The number of ether oxygens (including phenoxy) is 1. The highest BCUT2D eigenvalue weighted by molar-refractivity contribution is 5.83. The van der Waals surface area contributed by atoms with Crippen LogP contribution in [-0.4, -0.2) is 67.3 Å². The third-order valence-corrected chi connectivity index (χ3v) is 6.81. The number of carbonyl (C=O) groups is 1. The van der Waals surface area contributed by atoms with Gasteiger partial charge in [-0.2, -0.15) is 0 Å². The first-order chi connectivity index (χ1) is 16.5. The maximum atomic E-state index is 11.9. The molecule has 1 atom stereocenters. The number of para-hydroxylation sites is 1. The number of piperidine rings is 1. The molecular formula is C29H36N2O3. The summed E-state index contributed by atoms with van der Waals surface area (Å²) in [5.74, 6) is 1.43. The molecule has 1 aliphatic heterocycles. The van der Waals surface area contributed by atoms with E-state index in [1.807, 2.05) is 24.3 Å². The number of benzene rings is 3. The van der Waals surface area contributed by atoms with Crippen molar-refractivity contribution in [3.05, 3.63) is 77.9 Å². The molecule has 3 aromatic carbocycles. The average Bonchev–Trinajstić information content (AvgIpc) is 2.86. The predicted molar refractivity (Wildman–Crippen MR) is 137 cm³/mol. The summed E-state index contributed by atoms with van der Waals surface area (Å²) < 4.78 is 5.96. The van der Waals surface area contributed by atoms with Gasteiger partial charge in [-0.15, -0.1) is 0 Å². The fourth-order valence-corrected chi connectivity index (χ4v) is 4.76. The standard InChI is InChI=1S/C29H36N2O3/c1-30(2)29(33)14-13-24-8-5-6-10-28(24)34-21-27(32)20-31-17-15-23(16-18-31)26-12-11-22-7-3-4-9-25(22)19-26/h3-12,19,23,27,32H,13-18,20-21H2,1-2H3. The van der Waals surface area contributed by atoms with Gasteiger partial charge in [-0.05, 0) is 66.2 Å². The fraction of sp³-hybridized carbons (Fsp3) is 0.414. The summed E-state index contributed by atoms with van der Waals surface area (Å²) in [6, 6.07) is 23.1. The number of nitrogens with zero attached hydrogens (tertiary/aromatic N) is 2. The van der Waals surface area contributed by atoms with E-state index in [1.54, 1.807) is 19.0 Å². The minimum Gasteiger partial charge on any atom is -0.491 e. The Balaban J connectivity index is 1.24.